The van der Waals surface area contributed by atoms with Crippen LogP contribution in [0.1, 0.15) is 37.4 Å². The SMILES string of the molecule is CC[C@@]12CCN(c3noc(C)n3)[C@@H]([C@H](n3cc(C)c(=O)[nH]c3=O)O1)[C@@H]2O. The van der Waals surface area contributed by atoms with Gasteiger partial charge < -0.3 is 19.3 Å². The third kappa shape index (κ3) is 2.32. The van der Waals surface area contributed by atoms with Gasteiger partial charge in [0.15, 0.2) is 6.23 Å². The van der Waals surface area contributed by atoms with Crippen molar-refractivity contribution in [2.24, 2.45) is 0 Å². The van der Waals surface area contributed by atoms with E-state index in [9.17, 15) is 14.7 Å². The highest BCUT2D eigenvalue weighted by atomic mass is 16.6. The predicted octanol–water partition coefficient (Wildman–Crippen LogP) is -0.146. The average Bonchev–Trinajstić information content (AvgIpc) is 3.09. The number of aromatic amines is 1. The normalized spacial score (nSPS) is 30.8. The number of hydrogen-bond donors (Lipinski definition) is 2. The lowest BCUT2D eigenvalue weighted by Gasteiger charge is -2.40. The highest BCUT2D eigenvalue weighted by Gasteiger charge is 2.60. The summed E-state index contributed by atoms with van der Waals surface area (Å²) in [4.78, 5) is 32.4. The van der Waals surface area contributed by atoms with E-state index in [0.717, 1.165) is 0 Å². The third-order valence-corrected chi connectivity index (χ3v) is 5.44. The summed E-state index contributed by atoms with van der Waals surface area (Å²) < 4.78 is 12.6. The van der Waals surface area contributed by atoms with Crippen LogP contribution in [0.3, 0.4) is 0 Å². The van der Waals surface area contributed by atoms with E-state index in [2.05, 4.69) is 15.1 Å². The smallest absolute Gasteiger partial charge is 0.330 e. The van der Waals surface area contributed by atoms with Gasteiger partial charge in [-0.15, -0.1) is 0 Å². The second-order valence-electron chi connectivity index (χ2n) is 6.90. The summed E-state index contributed by atoms with van der Waals surface area (Å²) in [7, 11) is 0. The van der Waals surface area contributed by atoms with Gasteiger partial charge in [0.05, 0.1) is 0 Å². The Morgan fingerprint density at radius 2 is 2.19 bits per heavy atom. The van der Waals surface area contributed by atoms with Gasteiger partial charge in [0, 0.05) is 25.2 Å². The minimum Gasteiger partial charge on any atom is -0.388 e. The van der Waals surface area contributed by atoms with Crippen LogP contribution in [-0.4, -0.2) is 49.1 Å². The Labute approximate surface area is 148 Å². The van der Waals surface area contributed by atoms with E-state index in [1.165, 1.54) is 10.8 Å². The van der Waals surface area contributed by atoms with Gasteiger partial charge >= 0.3 is 5.69 Å². The molecule has 0 aliphatic carbocycles. The first-order valence-electron chi connectivity index (χ1n) is 8.61. The molecule has 4 atom stereocenters. The molecule has 4 rings (SSSR count). The van der Waals surface area contributed by atoms with E-state index < -0.39 is 35.2 Å². The minimum absolute atomic E-state index is 0.348. The largest absolute Gasteiger partial charge is 0.388 e. The van der Waals surface area contributed by atoms with Crippen molar-refractivity contribution in [2.45, 2.75) is 57.6 Å². The molecule has 2 aromatic heterocycles. The lowest BCUT2D eigenvalue weighted by Crippen LogP contribution is -2.57. The molecule has 140 valence electrons. The van der Waals surface area contributed by atoms with Crippen molar-refractivity contribution < 1.29 is 14.4 Å². The molecule has 10 heteroatoms. The number of hydrogen-bond acceptors (Lipinski definition) is 8. The molecule has 0 unspecified atom stereocenters. The molecule has 2 saturated heterocycles. The summed E-state index contributed by atoms with van der Waals surface area (Å²) in [5.41, 5.74) is -1.39. The van der Waals surface area contributed by atoms with Crippen molar-refractivity contribution in [3.63, 3.8) is 0 Å². The van der Waals surface area contributed by atoms with Gasteiger partial charge in [-0.2, -0.15) is 4.98 Å². The zero-order chi connectivity index (χ0) is 18.6. The molecule has 4 heterocycles. The second kappa shape index (κ2) is 5.78. The number of fused-ring (bicyclic) bond motifs is 2. The van der Waals surface area contributed by atoms with E-state index in [1.807, 2.05) is 6.92 Å². The van der Waals surface area contributed by atoms with Crippen molar-refractivity contribution in [1.29, 1.82) is 0 Å². The van der Waals surface area contributed by atoms with Crippen molar-refractivity contribution in [2.75, 3.05) is 11.4 Å². The number of nitrogens with zero attached hydrogens (tertiary/aromatic N) is 4. The summed E-state index contributed by atoms with van der Waals surface area (Å²) in [5, 5.41) is 15.0. The molecule has 2 fully saturated rings. The number of ether oxygens (including phenoxy) is 1. The second-order valence-corrected chi connectivity index (χ2v) is 6.90. The zero-order valence-corrected chi connectivity index (χ0v) is 14.8. The summed E-state index contributed by atoms with van der Waals surface area (Å²) in [6, 6.07) is -0.580. The molecule has 2 N–H and O–H groups in total. The molecule has 0 saturated carbocycles. The van der Waals surface area contributed by atoms with E-state index in [0.29, 0.717) is 36.8 Å². The molecule has 2 aromatic rings. The van der Waals surface area contributed by atoms with Gasteiger partial charge in [0.2, 0.25) is 5.89 Å². The molecule has 26 heavy (non-hydrogen) atoms. The monoisotopic (exact) mass is 363 g/mol. The van der Waals surface area contributed by atoms with Crippen molar-refractivity contribution >= 4 is 5.95 Å². The first kappa shape index (κ1) is 17.0. The third-order valence-electron chi connectivity index (χ3n) is 5.44. The zero-order valence-electron chi connectivity index (χ0n) is 14.8. The molecule has 2 bridgehead atoms. The van der Waals surface area contributed by atoms with Crippen LogP contribution in [0.2, 0.25) is 0 Å². The fourth-order valence-electron chi connectivity index (χ4n) is 3.94. The van der Waals surface area contributed by atoms with Crippen LogP contribution in [0.4, 0.5) is 5.95 Å². The lowest BCUT2D eigenvalue weighted by atomic mass is 9.84. The fraction of sp³-hybridized carbons (Fsp3) is 0.625. The van der Waals surface area contributed by atoms with Gasteiger partial charge in [-0.3, -0.25) is 14.3 Å². The Hall–Kier alpha value is -2.46. The number of aliphatic hydroxyl groups excluding tert-OH is 1. The summed E-state index contributed by atoms with van der Waals surface area (Å²) in [5.74, 6) is 0.760. The van der Waals surface area contributed by atoms with E-state index in [1.54, 1.807) is 18.7 Å². The van der Waals surface area contributed by atoms with Gasteiger partial charge in [0.1, 0.15) is 17.7 Å². The van der Waals surface area contributed by atoms with Crippen molar-refractivity contribution in [3.05, 3.63) is 38.5 Å². The Bertz CT molecular complexity index is 949. The van der Waals surface area contributed by atoms with E-state index >= 15 is 0 Å². The number of aliphatic hydroxyl groups is 1. The number of nitrogens with one attached hydrogen (secondary N) is 1. The number of rotatable bonds is 3. The maximum absolute atomic E-state index is 12.4. The maximum atomic E-state index is 12.4. The van der Waals surface area contributed by atoms with Gasteiger partial charge in [-0.1, -0.05) is 6.92 Å². The van der Waals surface area contributed by atoms with E-state index in [-0.39, 0.29) is 0 Å². The molecular weight excluding hydrogens is 342 g/mol. The van der Waals surface area contributed by atoms with Crippen LogP contribution in [0.5, 0.6) is 0 Å². The molecule has 2 aliphatic heterocycles. The van der Waals surface area contributed by atoms with Gasteiger partial charge in [-0.05, 0) is 24.9 Å². The molecule has 2 aliphatic rings. The summed E-state index contributed by atoms with van der Waals surface area (Å²) in [6.07, 6.45) is 0.987. The maximum Gasteiger partial charge on any atom is 0.330 e. The van der Waals surface area contributed by atoms with E-state index in [4.69, 9.17) is 9.26 Å². The molecule has 10 nitrogen and oxygen atoms in total. The van der Waals surface area contributed by atoms with Crippen LogP contribution in [0.25, 0.3) is 0 Å². The van der Waals surface area contributed by atoms with Gasteiger partial charge in [0.25, 0.3) is 11.5 Å². The number of H-pyrrole nitrogens is 1. The van der Waals surface area contributed by atoms with Crippen LogP contribution in [0.15, 0.2) is 20.3 Å². The highest BCUT2D eigenvalue weighted by Crippen LogP contribution is 2.47. The van der Waals surface area contributed by atoms with Crippen LogP contribution >= 0.6 is 0 Å². The summed E-state index contributed by atoms with van der Waals surface area (Å²) >= 11 is 0. The molecule has 0 aromatic carbocycles. The van der Waals surface area contributed by atoms with Crippen LogP contribution < -0.4 is 16.1 Å². The summed E-state index contributed by atoms with van der Waals surface area (Å²) in [6.45, 7) is 5.80. The predicted molar refractivity (Wildman–Crippen MR) is 90.0 cm³/mol. The molecular formula is C16H21N5O5. The fourth-order valence-corrected chi connectivity index (χ4v) is 3.94. The van der Waals surface area contributed by atoms with Gasteiger partial charge in [-0.25, -0.2) is 4.79 Å². The average molecular weight is 363 g/mol. The highest BCUT2D eigenvalue weighted by molar-refractivity contribution is 5.36. The van der Waals surface area contributed by atoms with Crippen LogP contribution in [-0.2, 0) is 4.74 Å². The molecule has 0 radical (unpaired) electrons. The Balaban J connectivity index is 1.83. The standard InChI is InChI=1S/C16H21N5O5/c1-4-16-5-6-20(14-17-9(3)26-19-14)10(11(16)22)13(25-16)21-7-8(2)12(23)18-15(21)24/h7,10-11,13,22H,4-6H2,1-3H3,(H,18,23,24)/t10-,11+,13-,16+/m1/s1. The lowest BCUT2D eigenvalue weighted by molar-refractivity contribution is -0.107. The number of anilines is 1. The number of piperidine rings is 1. The van der Waals surface area contributed by atoms with Crippen molar-refractivity contribution in [1.82, 2.24) is 19.7 Å². The minimum atomic E-state index is -0.843. The quantitative estimate of drug-likeness (QED) is 0.771. The first-order valence-corrected chi connectivity index (χ1v) is 8.61. The Kier molecular flexibility index (Phi) is 3.77. The molecule has 0 amide bonds. The first-order chi connectivity index (χ1) is 12.4. The number of aryl methyl sites for hydroxylation is 2. The topological polar surface area (TPSA) is 126 Å². The van der Waals surface area contributed by atoms with Crippen LogP contribution in [0, 0.1) is 13.8 Å². The Morgan fingerprint density at radius 3 is 2.85 bits per heavy atom. The molecule has 0 spiro atoms. The van der Waals surface area contributed by atoms with Crippen molar-refractivity contribution in [3.8, 4) is 0 Å². The Morgan fingerprint density at radius 1 is 1.42 bits per heavy atom. The number of aromatic nitrogens is 4.